The highest BCUT2D eigenvalue weighted by molar-refractivity contribution is 6.07. The molecule has 10 aromatic rings. The summed E-state index contributed by atoms with van der Waals surface area (Å²) >= 11 is 0. The Morgan fingerprint density at radius 1 is 0.393 bits per heavy atom. The molecule has 2 aliphatic rings. The first kappa shape index (κ1) is 35.0. The molecule has 1 atom stereocenters. The van der Waals surface area contributed by atoms with Gasteiger partial charge in [0.05, 0.1) is 11.4 Å². The highest BCUT2D eigenvalue weighted by Gasteiger charge is 2.39. The van der Waals surface area contributed by atoms with Gasteiger partial charge in [-0.25, -0.2) is 15.0 Å². The van der Waals surface area contributed by atoms with Crippen molar-refractivity contribution in [2.45, 2.75) is 12.3 Å². The number of benzene rings is 9. The van der Waals surface area contributed by atoms with Crippen molar-refractivity contribution < 1.29 is 0 Å². The topological polar surface area (TPSA) is 41.9 Å². The van der Waals surface area contributed by atoms with Gasteiger partial charge in [0.1, 0.15) is 0 Å². The van der Waals surface area contributed by atoms with Gasteiger partial charge in [-0.1, -0.05) is 182 Å². The van der Waals surface area contributed by atoms with Crippen molar-refractivity contribution in [1.82, 2.24) is 15.0 Å². The zero-order valence-corrected chi connectivity index (χ0v) is 33.3. The standard InChI is InChI=1S/C57H38N4/c1-3-14-37(15-4-1)39-26-28-41(29-27-39)55-58-56(45-22-13-21-42(34-45)38-16-5-2-6-17-38)60-57(59-55)49-31-33-51(48-25-12-11-24-47(48)49)61-52-32-30-40-18-9-10-23-46(40)54(52)50-35-43-19-7-8-20-44(43)36-53(50)61/h1-34,36,50H,35H2. The average molecular weight is 779 g/mol. The first-order valence-corrected chi connectivity index (χ1v) is 20.9. The molecule has 12 rings (SSSR count). The van der Waals surface area contributed by atoms with Crippen LogP contribution in [0.2, 0.25) is 0 Å². The molecule has 0 saturated heterocycles. The van der Waals surface area contributed by atoms with Crippen LogP contribution in [-0.4, -0.2) is 15.0 Å². The van der Waals surface area contributed by atoms with Gasteiger partial charge in [0.25, 0.3) is 0 Å². The van der Waals surface area contributed by atoms with Crippen molar-refractivity contribution in [3.63, 3.8) is 0 Å². The quantitative estimate of drug-likeness (QED) is 0.169. The van der Waals surface area contributed by atoms with Crippen LogP contribution in [-0.2, 0) is 6.42 Å². The lowest BCUT2D eigenvalue weighted by atomic mass is 9.83. The van der Waals surface area contributed by atoms with Crippen LogP contribution in [0.3, 0.4) is 0 Å². The van der Waals surface area contributed by atoms with Crippen LogP contribution >= 0.6 is 0 Å². The monoisotopic (exact) mass is 778 g/mol. The summed E-state index contributed by atoms with van der Waals surface area (Å²) in [5, 5.41) is 4.81. The number of nitrogens with zero attached hydrogens (tertiary/aromatic N) is 4. The maximum absolute atomic E-state index is 5.29. The van der Waals surface area contributed by atoms with E-state index in [9.17, 15) is 0 Å². The molecule has 1 aromatic heterocycles. The molecule has 1 unspecified atom stereocenters. The Bertz CT molecular complexity index is 3340. The van der Waals surface area contributed by atoms with Gasteiger partial charge in [0, 0.05) is 33.7 Å². The van der Waals surface area contributed by atoms with Crippen molar-refractivity contribution in [2.24, 2.45) is 0 Å². The maximum atomic E-state index is 5.29. The molecule has 4 heteroatoms. The van der Waals surface area contributed by atoms with Gasteiger partial charge < -0.3 is 4.90 Å². The first-order chi connectivity index (χ1) is 30.2. The minimum absolute atomic E-state index is 0.239. The number of rotatable bonds is 6. The van der Waals surface area contributed by atoms with Crippen molar-refractivity contribution in [1.29, 1.82) is 0 Å². The third kappa shape index (κ3) is 6.03. The van der Waals surface area contributed by atoms with E-state index in [-0.39, 0.29) is 5.92 Å². The van der Waals surface area contributed by atoms with Gasteiger partial charge in [-0.2, -0.15) is 0 Å². The molecule has 0 amide bonds. The highest BCUT2D eigenvalue weighted by atomic mass is 15.2. The first-order valence-electron chi connectivity index (χ1n) is 20.9. The zero-order chi connectivity index (χ0) is 40.3. The molecule has 0 fully saturated rings. The number of allylic oxidation sites excluding steroid dienone is 1. The van der Waals surface area contributed by atoms with E-state index in [1.807, 2.05) is 12.1 Å². The Hall–Kier alpha value is -7.95. The van der Waals surface area contributed by atoms with Gasteiger partial charge in [-0.15, -0.1) is 0 Å². The third-order valence-corrected chi connectivity index (χ3v) is 12.4. The number of fused-ring (bicyclic) bond motifs is 7. The SMILES string of the molecule is C1=C2C(Cc3ccccc31)c1c(ccc3ccccc13)N2c1ccc(-c2nc(-c3ccc(-c4ccccc4)cc3)nc(-c3cccc(-c4ccccc4)c3)n2)c2ccccc12. The third-order valence-electron chi connectivity index (χ3n) is 12.4. The second-order valence-corrected chi connectivity index (χ2v) is 16.0. The van der Waals surface area contributed by atoms with Gasteiger partial charge >= 0.3 is 0 Å². The lowest BCUT2D eigenvalue weighted by molar-refractivity contribution is 0.804. The molecule has 286 valence electrons. The second-order valence-electron chi connectivity index (χ2n) is 16.0. The van der Waals surface area contributed by atoms with Crippen molar-refractivity contribution in [3.05, 3.63) is 229 Å². The highest BCUT2D eigenvalue weighted by Crippen LogP contribution is 2.55. The average Bonchev–Trinajstić information content (AvgIpc) is 3.66. The Morgan fingerprint density at radius 2 is 0.967 bits per heavy atom. The smallest absolute Gasteiger partial charge is 0.164 e. The molecule has 1 aliphatic carbocycles. The van der Waals surface area contributed by atoms with E-state index < -0.39 is 0 Å². The molecule has 9 aromatic carbocycles. The lowest BCUT2D eigenvalue weighted by Gasteiger charge is -2.28. The fourth-order valence-corrected chi connectivity index (χ4v) is 9.51. The Kier molecular flexibility index (Phi) is 8.27. The molecule has 4 nitrogen and oxygen atoms in total. The summed E-state index contributed by atoms with van der Waals surface area (Å²) in [4.78, 5) is 18.3. The number of hydrogen-bond acceptors (Lipinski definition) is 4. The van der Waals surface area contributed by atoms with Crippen LogP contribution in [0.25, 0.3) is 84.0 Å². The van der Waals surface area contributed by atoms with Gasteiger partial charge in [0.2, 0.25) is 0 Å². The fraction of sp³-hybridized carbons (Fsp3) is 0.0351. The molecular weight excluding hydrogens is 741 g/mol. The molecule has 0 saturated carbocycles. The van der Waals surface area contributed by atoms with E-state index in [2.05, 4.69) is 205 Å². The van der Waals surface area contributed by atoms with Crippen molar-refractivity contribution in [3.8, 4) is 56.4 Å². The molecule has 0 spiro atoms. The lowest BCUT2D eigenvalue weighted by Crippen LogP contribution is -2.18. The summed E-state index contributed by atoms with van der Waals surface area (Å²) in [7, 11) is 0. The summed E-state index contributed by atoms with van der Waals surface area (Å²) in [6.45, 7) is 0. The van der Waals surface area contributed by atoms with Crippen LogP contribution in [0.5, 0.6) is 0 Å². The summed E-state index contributed by atoms with van der Waals surface area (Å²) in [6, 6.07) is 73.4. The Morgan fingerprint density at radius 3 is 1.77 bits per heavy atom. The van der Waals surface area contributed by atoms with Crippen LogP contribution < -0.4 is 4.90 Å². The van der Waals surface area contributed by atoms with E-state index in [1.54, 1.807) is 0 Å². The maximum Gasteiger partial charge on any atom is 0.164 e. The number of hydrogen-bond donors (Lipinski definition) is 0. The second kappa shape index (κ2) is 14.4. The normalized spacial score (nSPS) is 14.1. The fourth-order valence-electron chi connectivity index (χ4n) is 9.51. The minimum Gasteiger partial charge on any atom is -0.313 e. The molecular formula is C57H38N4. The van der Waals surface area contributed by atoms with E-state index in [0.29, 0.717) is 17.5 Å². The molecule has 0 bridgehead atoms. The van der Waals surface area contributed by atoms with Crippen LogP contribution in [0.1, 0.15) is 22.6 Å². The minimum atomic E-state index is 0.239. The number of aromatic nitrogens is 3. The Labute approximate surface area is 354 Å². The number of anilines is 2. The molecule has 2 heterocycles. The summed E-state index contributed by atoms with van der Waals surface area (Å²) in [5.74, 6) is 2.14. The van der Waals surface area contributed by atoms with E-state index in [0.717, 1.165) is 56.3 Å². The molecule has 0 radical (unpaired) electrons. The van der Waals surface area contributed by atoms with Crippen LogP contribution in [0.15, 0.2) is 212 Å². The molecule has 61 heavy (non-hydrogen) atoms. The predicted molar refractivity (Wildman–Crippen MR) is 251 cm³/mol. The zero-order valence-electron chi connectivity index (χ0n) is 33.3. The Balaban J connectivity index is 1.04. The van der Waals surface area contributed by atoms with Gasteiger partial charge in [0.15, 0.2) is 17.5 Å². The van der Waals surface area contributed by atoms with Gasteiger partial charge in [-0.3, -0.25) is 0 Å². The van der Waals surface area contributed by atoms with Crippen LogP contribution in [0.4, 0.5) is 11.4 Å². The van der Waals surface area contributed by atoms with E-state index >= 15 is 0 Å². The van der Waals surface area contributed by atoms with Crippen molar-refractivity contribution in [2.75, 3.05) is 4.90 Å². The predicted octanol–water partition coefficient (Wildman–Crippen LogP) is 14.3. The molecule has 1 aliphatic heterocycles. The van der Waals surface area contributed by atoms with Gasteiger partial charge in [-0.05, 0) is 91.9 Å². The summed E-state index contributed by atoms with van der Waals surface area (Å²) in [6.07, 6.45) is 3.38. The summed E-state index contributed by atoms with van der Waals surface area (Å²) < 4.78 is 0. The van der Waals surface area contributed by atoms with Crippen LogP contribution in [0, 0.1) is 0 Å². The molecule has 0 N–H and O–H groups in total. The summed E-state index contributed by atoms with van der Waals surface area (Å²) in [5.41, 5.74) is 15.2. The largest absolute Gasteiger partial charge is 0.313 e. The van der Waals surface area contributed by atoms with E-state index in [1.165, 1.54) is 44.4 Å². The van der Waals surface area contributed by atoms with E-state index in [4.69, 9.17) is 15.0 Å². The van der Waals surface area contributed by atoms with Crippen molar-refractivity contribution >= 4 is 39.0 Å².